The summed E-state index contributed by atoms with van der Waals surface area (Å²) in [5, 5.41) is 2.66. The Morgan fingerprint density at radius 2 is 1.56 bits per heavy atom. The van der Waals surface area contributed by atoms with Gasteiger partial charge in [-0.25, -0.2) is 4.79 Å². The number of hydrogen-bond donors (Lipinski definition) is 1. The fourth-order valence-electron chi connectivity index (χ4n) is 3.06. The van der Waals surface area contributed by atoms with Crippen LogP contribution in [-0.4, -0.2) is 37.1 Å². The second kappa shape index (κ2) is 7.90. The molecule has 2 aromatic carbocycles. The Morgan fingerprint density at radius 1 is 0.963 bits per heavy atom. The number of rotatable bonds is 3. The molecule has 144 valence electrons. The Hall–Kier alpha value is -2.70. The molecule has 1 N–H and O–H groups in total. The first kappa shape index (κ1) is 19.1. The lowest BCUT2D eigenvalue weighted by atomic mass is 10.1. The van der Waals surface area contributed by atoms with Gasteiger partial charge in [0.15, 0.2) is 0 Å². The topological polar surface area (TPSA) is 35.6 Å². The molecule has 0 atom stereocenters. The Bertz CT molecular complexity index is 765. The maximum Gasteiger partial charge on any atom is 0.416 e. The maximum atomic E-state index is 12.6. The number of carbonyl (C=O) groups is 1. The molecule has 4 nitrogen and oxygen atoms in total. The molecule has 0 bridgehead atoms. The van der Waals surface area contributed by atoms with Crippen LogP contribution in [0.2, 0.25) is 0 Å². The van der Waals surface area contributed by atoms with Crippen LogP contribution in [0.15, 0.2) is 48.5 Å². The molecule has 0 saturated carbocycles. The second-order valence-corrected chi connectivity index (χ2v) is 6.50. The van der Waals surface area contributed by atoms with Crippen LogP contribution in [0.25, 0.3) is 0 Å². The van der Waals surface area contributed by atoms with E-state index in [2.05, 4.69) is 41.4 Å². The molecule has 1 heterocycles. The molecule has 1 saturated heterocycles. The average Bonchev–Trinajstić information content (AvgIpc) is 2.68. The summed E-state index contributed by atoms with van der Waals surface area (Å²) in [4.78, 5) is 16.2. The number of piperazine rings is 1. The smallest absolute Gasteiger partial charge is 0.368 e. The van der Waals surface area contributed by atoms with Crippen molar-refractivity contribution in [2.75, 3.05) is 36.4 Å². The van der Waals surface area contributed by atoms with Crippen LogP contribution >= 0.6 is 0 Å². The first-order valence-electron chi connectivity index (χ1n) is 8.94. The van der Waals surface area contributed by atoms with Crippen molar-refractivity contribution < 1.29 is 18.0 Å². The van der Waals surface area contributed by atoms with E-state index in [1.165, 1.54) is 17.7 Å². The highest BCUT2D eigenvalue weighted by molar-refractivity contribution is 5.89. The van der Waals surface area contributed by atoms with Crippen LogP contribution in [0, 0.1) is 0 Å². The van der Waals surface area contributed by atoms with Crippen LogP contribution in [-0.2, 0) is 12.6 Å². The van der Waals surface area contributed by atoms with Gasteiger partial charge in [0.25, 0.3) is 0 Å². The van der Waals surface area contributed by atoms with Crippen molar-refractivity contribution >= 4 is 17.4 Å². The lowest BCUT2D eigenvalue weighted by molar-refractivity contribution is -0.137. The molecular formula is C20H22F3N3O. The minimum atomic E-state index is -4.38. The Labute approximate surface area is 156 Å². The van der Waals surface area contributed by atoms with Crippen molar-refractivity contribution in [2.24, 2.45) is 0 Å². The monoisotopic (exact) mass is 377 g/mol. The first-order chi connectivity index (χ1) is 12.9. The Morgan fingerprint density at radius 3 is 2.07 bits per heavy atom. The lowest BCUT2D eigenvalue weighted by Crippen LogP contribution is -2.50. The van der Waals surface area contributed by atoms with Crippen LogP contribution in [0.3, 0.4) is 0 Å². The van der Waals surface area contributed by atoms with Crippen molar-refractivity contribution in [3.05, 3.63) is 59.7 Å². The van der Waals surface area contributed by atoms with Crippen LogP contribution in [0.4, 0.5) is 29.3 Å². The SMILES string of the molecule is CCc1ccc(N2CCN(C(=O)Nc3ccc(C(F)(F)F)cc3)CC2)cc1. The molecule has 1 fully saturated rings. The number of halogens is 3. The third-order valence-electron chi connectivity index (χ3n) is 4.74. The van der Waals surface area contributed by atoms with Crippen molar-refractivity contribution in [3.8, 4) is 0 Å². The summed E-state index contributed by atoms with van der Waals surface area (Å²) >= 11 is 0. The third-order valence-corrected chi connectivity index (χ3v) is 4.74. The van der Waals surface area contributed by atoms with E-state index in [9.17, 15) is 18.0 Å². The summed E-state index contributed by atoms with van der Waals surface area (Å²) in [5.41, 5.74) is 2.04. The molecule has 0 aromatic heterocycles. The highest BCUT2D eigenvalue weighted by atomic mass is 19.4. The van der Waals surface area contributed by atoms with Gasteiger partial charge in [-0.3, -0.25) is 0 Å². The van der Waals surface area contributed by atoms with Gasteiger partial charge in [-0.1, -0.05) is 19.1 Å². The zero-order valence-corrected chi connectivity index (χ0v) is 15.1. The fraction of sp³-hybridized carbons (Fsp3) is 0.350. The number of alkyl halides is 3. The van der Waals surface area contributed by atoms with Gasteiger partial charge in [-0.05, 0) is 48.4 Å². The zero-order valence-electron chi connectivity index (χ0n) is 15.1. The van der Waals surface area contributed by atoms with E-state index in [0.717, 1.165) is 24.2 Å². The number of urea groups is 1. The van der Waals surface area contributed by atoms with Crippen LogP contribution in [0.5, 0.6) is 0 Å². The molecule has 7 heteroatoms. The summed E-state index contributed by atoms with van der Waals surface area (Å²) in [6.45, 7) is 4.66. The number of benzene rings is 2. The quantitative estimate of drug-likeness (QED) is 0.847. The van der Waals surface area contributed by atoms with Gasteiger partial charge < -0.3 is 15.1 Å². The summed E-state index contributed by atoms with van der Waals surface area (Å²) < 4.78 is 37.8. The van der Waals surface area contributed by atoms with Gasteiger partial charge in [0.05, 0.1) is 5.56 Å². The van der Waals surface area contributed by atoms with E-state index in [1.807, 2.05) is 0 Å². The van der Waals surface area contributed by atoms with Gasteiger partial charge in [-0.15, -0.1) is 0 Å². The zero-order chi connectivity index (χ0) is 19.4. The second-order valence-electron chi connectivity index (χ2n) is 6.50. The third kappa shape index (κ3) is 4.72. The maximum absolute atomic E-state index is 12.6. The fourth-order valence-corrected chi connectivity index (χ4v) is 3.06. The molecule has 27 heavy (non-hydrogen) atoms. The van der Waals surface area contributed by atoms with Crippen LogP contribution < -0.4 is 10.2 Å². The first-order valence-corrected chi connectivity index (χ1v) is 8.94. The van der Waals surface area contributed by atoms with E-state index < -0.39 is 11.7 Å². The van der Waals surface area contributed by atoms with Gasteiger partial charge in [0.2, 0.25) is 0 Å². The summed E-state index contributed by atoms with van der Waals surface area (Å²) in [6, 6.07) is 12.6. The summed E-state index contributed by atoms with van der Waals surface area (Å²) in [6.07, 6.45) is -3.38. The molecule has 0 unspecified atom stereocenters. The minimum absolute atomic E-state index is 0.296. The van der Waals surface area contributed by atoms with E-state index >= 15 is 0 Å². The molecule has 0 spiro atoms. The van der Waals surface area contributed by atoms with E-state index in [0.29, 0.717) is 31.9 Å². The Balaban J connectivity index is 1.53. The Kier molecular flexibility index (Phi) is 5.58. The van der Waals surface area contributed by atoms with Gasteiger partial charge in [0, 0.05) is 37.6 Å². The molecule has 3 rings (SSSR count). The molecule has 0 aliphatic carbocycles. The van der Waals surface area contributed by atoms with Crippen molar-refractivity contribution in [1.29, 1.82) is 0 Å². The van der Waals surface area contributed by atoms with Crippen molar-refractivity contribution in [3.63, 3.8) is 0 Å². The molecular weight excluding hydrogens is 355 g/mol. The standard InChI is InChI=1S/C20H22F3N3O/c1-2-15-3-9-18(10-4-15)25-11-13-26(14-12-25)19(27)24-17-7-5-16(6-8-17)20(21,22)23/h3-10H,2,11-14H2,1H3,(H,24,27). The van der Waals surface area contributed by atoms with E-state index in [1.54, 1.807) is 4.90 Å². The number of amides is 2. The van der Waals surface area contributed by atoms with E-state index in [-0.39, 0.29) is 6.03 Å². The molecule has 2 amide bonds. The summed E-state index contributed by atoms with van der Waals surface area (Å²) in [5.74, 6) is 0. The molecule has 0 radical (unpaired) electrons. The highest BCUT2D eigenvalue weighted by Gasteiger charge is 2.30. The predicted octanol–water partition coefficient (Wildman–Crippen LogP) is 4.62. The minimum Gasteiger partial charge on any atom is -0.368 e. The van der Waals surface area contributed by atoms with Gasteiger partial charge in [0.1, 0.15) is 0 Å². The normalized spacial score (nSPS) is 15.0. The lowest BCUT2D eigenvalue weighted by Gasteiger charge is -2.36. The molecule has 2 aromatic rings. The molecule has 1 aliphatic heterocycles. The summed E-state index contributed by atoms with van der Waals surface area (Å²) in [7, 11) is 0. The number of nitrogens with one attached hydrogen (secondary N) is 1. The molecule has 1 aliphatic rings. The average molecular weight is 377 g/mol. The number of anilines is 2. The largest absolute Gasteiger partial charge is 0.416 e. The number of hydrogen-bond acceptors (Lipinski definition) is 2. The van der Waals surface area contributed by atoms with Crippen molar-refractivity contribution in [2.45, 2.75) is 19.5 Å². The van der Waals surface area contributed by atoms with Gasteiger partial charge in [-0.2, -0.15) is 13.2 Å². The van der Waals surface area contributed by atoms with E-state index in [4.69, 9.17) is 0 Å². The predicted molar refractivity (Wildman–Crippen MR) is 100 cm³/mol. The van der Waals surface area contributed by atoms with Gasteiger partial charge >= 0.3 is 12.2 Å². The number of nitrogens with zero attached hydrogens (tertiary/aromatic N) is 2. The van der Waals surface area contributed by atoms with Crippen molar-refractivity contribution in [1.82, 2.24) is 4.90 Å². The number of aryl methyl sites for hydroxylation is 1. The number of carbonyl (C=O) groups excluding carboxylic acids is 1. The van der Waals surface area contributed by atoms with Crippen LogP contribution in [0.1, 0.15) is 18.1 Å². The highest BCUT2D eigenvalue weighted by Crippen LogP contribution is 2.29.